The number of hydrogen-bond donors (Lipinski definition) is 0. The monoisotopic (exact) mass is 339 g/mol. The lowest BCUT2D eigenvalue weighted by Crippen LogP contribution is -2.29. The second-order valence-electron chi connectivity index (χ2n) is 4.55. The van der Waals surface area contributed by atoms with E-state index in [4.69, 9.17) is 34.8 Å². The Morgan fingerprint density at radius 1 is 0.857 bits per heavy atom. The van der Waals surface area contributed by atoms with Crippen LogP contribution in [0.4, 0.5) is 5.69 Å². The molecular formula is C15H8Cl3NO2. The van der Waals surface area contributed by atoms with Crippen molar-refractivity contribution in [3.8, 4) is 0 Å². The molecule has 106 valence electrons. The Kier molecular flexibility index (Phi) is 3.66. The van der Waals surface area contributed by atoms with Gasteiger partial charge in [-0.25, -0.2) is 0 Å². The predicted octanol–water partition coefficient (Wildman–Crippen LogP) is 4.38. The number of amides is 1. The van der Waals surface area contributed by atoms with Crippen molar-refractivity contribution >= 4 is 52.2 Å². The molecule has 3 nitrogen and oxygen atoms in total. The van der Waals surface area contributed by atoms with Gasteiger partial charge in [-0.05, 0) is 24.3 Å². The second kappa shape index (κ2) is 5.34. The molecule has 1 aliphatic rings. The van der Waals surface area contributed by atoms with Crippen LogP contribution < -0.4 is 4.90 Å². The van der Waals surface area contributed by atoms with Crippen molar-refractivity contribution in [3.63, 3.8) is 0 Å². The van der Waals surface area contributed by atoms with Crippen molar-refractivity contribution in [3.05, 3.63) is 62.6 Å². The summed E-state index contributed by atoms with van der Waals surface area (Å²) in [5.74, 6) is -1.24. The molecule has 2 aromatic carbocycles. The zero-order valence-electron chi connectivity index (χ0n) is 10.6. The highest BCUT2D eigenvalue weighted by molar-refractivity contribution is 6.55. The topological polar surface area (TPSA) is 37.4 Å². The zero-order valence-corrected chi connectivity index (χ0v) is 12.8. The third-order valence-electron chi connectivity index (χ3n) is 3.33. The number of hydrogen-bond acceptors (Lipinski definition) is 2. The molecule has 0 bridgehead atoms. The number of nitrogens with zero attached hydrogens (tertiary/aromatic N) is 1. The minimum Gasteiger partial charge on any atom is -0.300 e. The van der Waals surface area contributed by atoms with Crippen molar-refractivity contribution in [2.75, 3.05) is 4.90 Å². The van der Waals surface area contributed by atoms with E-state index in [9.17, 15) is 9.59 Å². The van der Waals surface area contributed by atoms with Crippen molar-refractivity contribution in [1.82, 2.24) is 0 Å². The van der Waals surface area contributed by atoms with Crippen LogP contribution in [0.2, 0.25) is 15.1 Å². The predicted molar refractivity (Wildman–Crippen MR) is 83.4 cm³/mol. The molecule has 0 radical (unpaired) electrons. The Balaban J connectivity index is 2.07. The van der Waals surface area contributed by atoms with Crippen LogP contribution in [0.5, 0.6) is 0 Å². The fraction of sp³-hybridized carbons (Fsp3) is 0.0667. The molecule has 1 aliphatic heterocycles. The van der Waals surface area contributed by atoms with Crippen LogP contribution in [0.25, 0.3) is 0 Å². The van der Waals surface area contributed by atoms with E-state index in [1.165, 1.54) is 4.90 Å². The van der Waals surface area contributed by atoms with Crippen LogP contribution in [0.3, 0.4) is 0 Å². The number of ketones is 1. The van der Waals surface area contributed by atoms with E-state index in [1.54, 1.807) is 36.4 Å². The summed E-state index contributed by atoms with van der Waals surface area (Å²) in [5, 5.41) is 1.15. The van der Waals surface area contributed by atoms with Gasteiger partial charge in [-0.1, -0.05) is 46.9 Å². The lowest BCUT2D eigenvalue weighted by molar-refractivity contribution is -0.114. The van der Waals surface area contributed by atoms with Gasteiger partial charge in [0.05, 0.1) is 22.8 Å². The average Bonchev–Trinajstić information content (AvgIpc) is 2.68. The van der Waals surface area contributed by atoms with E-state index >= 15 is 0 Å². The third kappa shape index (κ3) is 2.31. The number of rotatable bonds is 2. The highest BCUT2D eigenvalue weighted by Crippen LogP contribution is 2.36. The molecule has 0 aromatic heterocycles. The van der Waals surface area contributed by atoms with Gasteiger partial charge in [0.2, 0.25) is 0 Å². The fourth-order valence-electron chi connectivity index (χ4n) is 2.30. The van der Waals surface area contributed by atoms with Crippen molar-refractivity contribution in [2.45, 2.75) is 6.54 Å². The Morgan fingerprint density at radius 3 is 2.10 bits per heavy atom. The van der Waals surface area contributed by atoms with E-state index in [2.05, 4.69) is 0 Å². The maximum absolute atomic E-state index is 12.2. The Morgan fingerprint density at radius 2 is 1.43 bits per heavy atom. The standard InChI is InChI=1S/C15H8Cl3NO2/c16-9-3-1-4-10(17)8(9)7-19-12-6-2-5-11(18)13(12)14(20)15(19)21/h1-6H,7H2. The first-order chi connectivity index (χ1) is 10.0. The minimum atomic E-state index is -0.630. The molecule has 0 fully saturated rings. The Hall–Kier alpha value is -1.55. The van der Waals surface area contributed by atoms with E-state index in [-0.39, 0.29) is 17.1 Å². The molecule has 3 rings (SSSR count). The summed E-state index contributed by atoms with van der Waals surface area (Å²) in [4.78, 5) is 25.6. The molecule has 6 heteroatoms. The molecule has 0 unspecified atom stereocenters. The van der Waals surface area contributed by atoms with E-state index in [0.717, 1.165) is 0 Å². The summed E-state index contributed by atoms with van der Waals surface area (Å²) in [6.45, 7) is 0.121. The van der Waals surface area contributed by atoms with Crippen LogP contribution >= 0.6 is 34.8 Å². The summed E-state index contributed by atoms with van der Waals surface area (Å²) < 4.78 is 0. The number of carbonyl (C=O) groups is 2. The first-order valence-corrected chi connectivity index (χ1v) is 7.21. The molecule has 0 saturated heterocycles. The molecule has 0 saturated carbocycles. The highest BCUT2D eigenvalue weighted by atomic mass is 35.5. The van der Waals surface area contributed by atoms with Crippen LogP contribution in [-0.4, -0.2) is 11.7 Å². The average molecular weight is 341 g/mol. The van der Waals surface area contributed by atoms with Gasteiger partial charge in [0.1, 0.15) is 0 Å². The molecular weight excluding hydrogens is 333 g/mol. The molecule has 0 atom stereocenters. The van der Waals surface area contributed by atoms with Crippen molar-refractivity contribution in [1.29, 1.82) is 0 Å². The number of anilines is 1. The van der Waals surface area contributed by atoms with Gasteiger partial charge in [0.15, 0.2) is 0 Å². The maximum Gasteiger partial charge on any atom is 0.299 e. The second-order valence-corrected chi connectivity index (χ2v) is 5.78. The molecule has 0 N–H and O–H groups in total. The zero-order chi connectivity index (χ0) is 15.1. The normalized spacial score (nSPS) is 13.8. The number of halogens is 3. The van der Waals surface area contributed by atoms with Crippen LogP contribution in [0.15, 0.2) is 36.4 Å². The molecule has 1 amide bonds. The highest BCUT2D eigenvalue weighted by Gasteiger charge is 2.37. The summed E-state index contributed by atoms with van der Waals surface area (Å²) >= 11 is 18.2. The van der Waals surface area contributed by atoms with Gasteiger partial charge >= 0.3 is 0 Å². The molecule has 1 heterocycles. The summed E-state index contributed by atoms with van der Waals surface area (Å²) in [6, 6.07) is 10.0. The van der Waals surface area contributed by atoms with Crippen LogP contribution in [0, 0.1) is 0 Å². The summed E-state index contributed by atoms with van der Waals surface area (Å²) in [7, 11) is 0. The first kappa shape index (κ1) is 14.4. The largest absolute Gasteiger partial charge is 0.300 e. The molecule has 21 heavy (non-hydrogen) atoms. The van der Waals surface area contributed by atoms with E-state index < -0.39 is 11.7 Å². The lowest BCUT2D eigenvalue weighted by atomic mass is 10.1. The third-order valence-corrected chi connectivity index (χ3v) is 4.35. The van der Waals surface area contributed by atoms with E-state index in [1.807, 2.05) is 0 Å². The fourth-order valence-corrected chi connectivity index (χ4v) is 3.07. The smallest absolute Gasteiger partial charge is 0.299 e. The molecule has 2 aromatic rings. The van der Waals surface area contributed by atoms with Gasteiger partial charge in [-0.15, -0.1) is 0 Å². The van der Waals surface area contributed by atoms with Crippen LogP contribution in [-0.2, 0) is 11.3 Å². The van der Waals surface area contributed by atoms with Gasteiger partial charge in [0, 0.05) is 15.6 Å². The maximum atomic E-state index is 12.2. The van der Waals surface area contributed by atoms with Crippen molar-refractivity contribution < 1.29 is 9.59 Å². The van der Waals surface area contributed by atoms with Gasteiger partial charge in [-0.2, -0.15) is 0 Å². The lowest BCUT2D eigenvalue weighted by Gasteiger charge is -2.18. The van der Waals surface area contributed by atoms with Gasteiger partial charge in [-0.3, -0.25) is 9.59 Å². The van der Waals surface area contributed by atoms with Crippen LogP contribution in [0.1, 0.15) is 15.9 Å². The SMILES string of the molecule is O=C1C(=O)N(Cc2c(Cl)cccc2Cl)c2cccc(Cl)c21. The number of carbonyl (C=O) groups excluding carboxylic acids is 2. The molecule has 0 aliphatic carbocycles. The summed E-state index contributed by atoms with van der Waals surface area (Å²) in [5.41, 5.74) is 1.30. The first-order valence-electron chi connectivity index (χ1n) is 6.08. The van der Waals surface area contributed by atoms with Gasteiger partial charge in [0.25, 0.3) is 11.7 Å². The molecule has 0 spiro atoms. The van der Waals surface area contributed by atoms with E-state index in [0.29, 0.717) is 21.3 Å². The summed E-state index contributed by atoms with van der Waals surface area (Å²) in [6.07, 6.45) is 0. The Labute approximate surface area is 136 Å². The number of fused-ring (bicyclic) bond motifs is 1. The number of Topliss-reactive ketones (excluding diaryl/α,β-unsaturated/α-hetero) is 1. The van der Waals surface area contributed by atoms with Crippen molar-refractivity contribution in [2.24, 2.45) is 0 Å². The number of benzene rings is 2. The van der Waals surface area contributed by atoms with Gasteiger partial charge < -0.3 is 4.90 Å². The minimum absolute atomic E-state index is 0.121. The Bertz CT molecular complexity index is 753. The quantitative estimate of drug-likeness (QED) is 0.761.